The second-order valence-electron chi connectivity index (χ2n) is 8.49. The number of hydrogen-bond donors (Lipinski definition) is 1. The maximum Gasteiger partial charge on any atom is 0.0128 e. The van der Waals surface area contributed by atoms with Gasteiger partial charge in [-0.25, -0.2) is 0 Å². The molecule has 0 spiro atoms. The molecule has 1 rings (SSSR count). The van der Waals surface area contributed by atoms with Crippen LogP contribution in [0.1, 0.15) is 80.1 Å². The van der Waals surface area contributed by atoms with Crippen LogP contribution in [-0.2, 0) is 0 Å². The highest BCUT2D eigenvalue weighted by Gasteiger charge is 2.27. The highest BCUT2D eigenvalue weighted by molar-refractivity contribution is 4.84. The Labute approximate surface area is 134 Å². The van der Waals surface area contributed by atoms with Gasteiger partial charge >= 0.3 is 0 Å². The van der Waals surface area contributed by atoms with Crippen LogP contribution in [0.4, 0.5) is 0 Å². The molecule has 0 aromatic rings. The van der Waals surface area contributed by atoms with E-state index in [9.17, 15) is 0 Å². The monoisotopic (exact) mass is 296 g/mol. The molecule has 1 aliphatic carbocycles. The Balaban J connectivity index is 2.55. The van der Waals surface area contributed by atoms with Crippen LogP contribution in [0, 0.1) is 11.3 Å². The first kappa shape index (κ1) is 19.0. The third-order valence-corrected chi connectivity index (χ3v) is 4.83. The van der Waals surface area contributed by atoms with E-state index in [1.165, 1.54) is 51.6 Å². The lowest BCUT2D eigenvalue weighted by molar-refractivity contribution is 0.150. The quantitative estimate of drug-likeness (QED) is 0.664. The molecule has 0 aromatic heterocycles. The molecule has 0 radical (unpaired) electrons. The van der Waals surface area contributed by atoms with Gasteiger partial charge in [0, 0.05) is 18.6 Å². The van der Waals surface area contributed by atoms with Crippen LogP contribution in [0.25, 0.3) is 0 Å². The highest BCUT2D eigenvalue weighted by atomic mass is 15.2. The van der Waals surface area contributed by atoms with E-state index in [1.54, 1.807) is 0 Å². The van der Waals surface area contributed by atoms with Crippen LogP contribution in [0.3, 0.4) is 0 Å². The standard InChI is InChI=1S/C19H40N2/c1-7-13-20-18(19(4,5)6)12-14-21(15-16(2)3)17-10-8-9-11-17/h16-18,20H,7-15H2,1-6H3. The Morgan fingerprint density at radius 1 is 1.14 bits per heavy atom. The topological polar surface area (TPSA) is 15.3 Å². The average molecular weight is 297 g/mol. The predicted octanol–water partition coefficient (Wildman–Crippen LogP) is 4.69. The summed E-state index contributed by atoms with van der Waals surface area (Å²) in [6.45, 7) is 17.8. The molecule has 21 heavy (non-hydrogen) atoms. The van der Waals surface area contributed by atoms with Crippen molar-refractivity contribution in [2.45, 2.75) is 92.2 Å². The first-order chi connectivity index (χ1) is 9.84. The Hall–Kier alpha value is -0.0800. The molecule has 0 aliphatic heterocycles. The van der Waals surface area contributed by atoms with Crippen LogP contribution in [0.5, 0.6) is 0 Å². The molecule has 1 atom stereocenters. The van der Waals surface area contributed by atoms with E-state index in [-0.39, 0.29) is 0 Å². The van der Waals surface area contributed by atoms with Crippen LogP contribution in [-0.4, -0.2) is 36.6 Å². The minimum absolute atomic E-state index is 0.356. The van der Waals surface area contributed by atoms with Crippen molar-refractivity contribution < 1.29 is 0 Å². The van der Waals surface area contributed by atoms with E-state index in [1.807, 2.05) is 0 Å². The average Bonchev–Trinajstić information content (AvgIpc) is 2.89. The summed E-state index contributed by atoms with van der Waals surface area (Å²) in [5, 5.41) is 3.78. The molecule has 1 fully saturated rings. The fraction of sp³-hybridized carbons (Fsp3) is 1.00. The van der Waals surface area contributed by atoms with Gasteiger partial charge in [-0.1, -0.05) is 54.4 Å². The van der Waals surface area contributed by atoms with Gasteiger partial charge in [0.2, 0.25) is 0 Å². The Morgan fingerprint density at radius 3 is 2.24 bits per heavy atom. The Bertz CT molecular complexity index is 261. The normalized spacial score (nSPS) is 18.9. The molecule has 0 amide bonds. The van der Waals surface area contributed by atoms with E-state index >= 15 is 0 Å². The molecule has 0 bridgehead atoms. The molecular weight excluding hydrogens is 256 g/mol. The first-order valence-corrected chi connectivity index (χ1v) is 9.32. The van der Waals surface area contributed by atoms with Gasteiger partial charge in [-0.2, -0.15) is 0 Å². The van der Waals surface area contributed by atoms with Crippen molar-refractivity contribution in [2.75, 3.05) is 19.6 Å². The second-order valence-corrected chi connectivity index (χ2v) is 8.49. The predicted molar refractivity (Wildman–Crippen MR) is 94.8 cm³/mol. The van der Waals surface area contributed by atoms with E-state index in [0.29, 0.717) is 11.5 Å². The maximum absolute atomic E-state index is 3.78. The van der Waals surface area contributed by atoms with Crippen LogP contribution in [0.2, 0.25) is 0 Å². The fourth-order valence-electron chi connectivity index (χ4n) is 3.62. The number of rotatable bonds is 9. The summed E-state index contributed by atoms with van der Waals surface area (Å²) in [5.74, 6) is 0.780. The SMILES string of the molecule is CCCNC(CCN(CC(C)C)C1CCCC1)C(C)(C)C. The molecule has 126 valence electrons. The third-order valence-electron chi connectivity index (χ3n) is 4.83. The lowest BCUT2D eigenvalue weighted by atomic mass is 9.84. The number of nitrogens with one attached hydrogen (secondary N) is 1. The van der Waals surface area contributed by atoms with E-state index in [2.05, 4.69) is 51.8 Å². The van der Waals surface area contributed by atoms with Crippen molar-refractivity contribution >= 4 is 0 Å². The van der Waals surface area contributed by atoms with Gasteiger partial charge in [-0.05, 0) is 50.1 Å². The summed E-state index contributed by atoms with van der Waals surface area (Å²) in [7, 11) is 0. The molecule has 2 nitrogen and oxygen atoms in total. The lowest BCUT2D eigenvalue weighted by Crippen LogP contribution is -2.45. The van der Waals surface area contributed by atoms with Gasteiger partial charge in [-0.3, -0.25) is 0 Å². The summed E-state index contributed by atoms with van der Waals surface area (Å²) in [6.07, 6.45) is 8.24. The van der Waals surface area contributed by atoms with E-state index < -0.39 is 0 Å². The summed E-state index contributed by atoms with van der Waals surface area (Å²) >= 11 is 0. The summed E-state index contributed by atoms with van der Waals surface area (Å²) in [5.41, 5.74) is 0.356. The molecule has 1 unspecified atom stereocenters. The smallest absolute Gasteiger partial charge is 0.0128 e. The number of hydrogen-bond acceptors (Lipinski definition) is 2. The Kier molecular flexibility index (Phi) is 8.26. The minimum atomic E-state index is 0.356. The van der Waals surface area contributed by atoms with Crippen LogP contribution in [0.15, 0.2) is 0 Å². The Morgan fingerprint density at radius 2 is 1.76 bits per heavy atom. The number of nitrogens with zero attached hydrogens (tertiary/aromatic N) is 1. The van der Waals surface area contributed by atoms with Gasteiger partial charge in [0.15, 0.2) is 0 Å². The zero-order valence-corrected chi connectivity index (χ0v) is 15.5. The van der Waals surface area contributed by atoms with Crippen LogP contribution < -0.4 is 5.32 Å². The maximum atomic E-state index is 3.78. The van der Waals surface area contributed by atoms with Crippen molar-refractivity contribution in [1.82, 2.24) is 10.2 Å². The minimum Gasteiger partial charge on any atom is -0.313 e. The lowest BCUT2D eigenvalue weighted by Gasteiger charge is -2.36. The van der Waals surface area contributed by atoms with Gasteiger partial charge in [0.25, 0.3) is 0 Å². The van der Waals surface area contributed by atoms with E-state index in [4.69, 9.17) is 0 Å². The van der Waals surface area contributed by atoms with Crippen molar-refractivity contribution in [2.24, 2.45) is 11.3 Å². The molecule has 2 heteroatoms. The molecule has 0 saturated heterocycles. The molecule has 1 saturated carbocycles. The van der Waals surface area contributed by atoms with Crippen LogP contribution >= 0.6 is 0 Å². The molecule has 0 heterocycles. The van der Waals surface area contributed by atoms with Crippen molar-refractivity contribution in [3.05, 3.63) is 0 Å². The largest absolute Gasteiger partial charge is 0.313 e. The molecule has 1 N–H and O–H groups in total. The van der Waals surface area contributed by atoms with Crippen molar-refractivity contribution in [1.29, 1.82) is 0 Å². The van der Waals surface area contributed by atoms with Gasteiger partial charge in [-0.15, -0.1) is 0 Å². The zero-order chi connectivity index (χ0) is 15.9. The summed E-state index contributed by atoms with van der Waals surface area (Å²) in [4.78, 5) is 2.80. The van der Waals surface area contributed by atoms with E-state index in [0.717, 1.165) is 18.5 Å². The summed E-state index contributed by atoms with van der Waals surface area (Å²) < 4.78 is 0. The molecule has 1 aliphatic rings. The molecular formula is C19H40N2. The van der Waals surface area contributed by atoms with Crippen molar-refractivity contribution in [3.63, 3.8) is 0 Å². The zero-order valence-electron chi connectivity index (χ0n) is 15.5. The van der Waals surface area contributed by atoms with Crippen molar-refractivity contribution in [3.8, 4) is 0 Å². The fourth-order valence-corrected chi connectivity index (χ4v) is 3.62. The van der Waals surface area contributed by atoms with Gasteiger partial charge < -0.3 is 10.2 Å². The first-order valence-electron chi connectivity index (χ1n) is 9.32. The molecule has 0 aromatic carbocycles. The second kappa shape index (κ2) is 9.15. The third kappa shape index (κ3) is 7.15. The summed E-state index contributed by atoms with van der Waals surface area (Å²) in [6, 6.07) is 1.49. The van der Waals surface area contributed by atoms with Gasteiger partial charge in [0.1, 0.15) is 0 Å². The van der Waals surface area contributed by atoms with Gasteiger partial charge in [0.05, 0.1) is 0 Å². The highest BCUT2D eigenvalue weighted by Crippen LogP contribution is 2.27.